The molecule has 2 aromatic heterocycles. The van der Waals surface area contributed by atoms with Crippen molar-refractivity contribution >= 4 is 39.7 Å². The largest absolute Gasteiger partial charge is 0.352 e. The van der Waals surface area contributed by atoms with Gasteiger partial charge in [-0.2, -0.15) is 0 Å². The van der Waals surface area contributed by atoms with E-state index in [-0.39, 0.29) is 30.2 Å². The third-order valence-corrected chi connectivity index (χ3v) is 7.36. The zero-order valence-corrected chi connectivity index (χ0v) is 21.8. The predicted molar refractivity (Wildman–Crippen MR) is 155 cm³/mol. The molecule has 1 aliphatic rings. The number of rotatable bonds is 7. The van der Waals surface area contributed by atoms with Crippen LogP contribution in [0.15, 0.2) is 109 Å². The van der Waals surface area contributed by atoms with Crippen LogP contribution in [0.3, 0.4) is 0 Å². The normalized spacial score (nSPS) is 16.8. The number of anilines is 1. The molecule has 2 unspecified atom stereocenters. The van der Waals surface area contributed by atoms with Crippen LogP contribution in [0.4, 0.5) is 10.1 Å². The highest BCUT2D eigenvalue weighted by molar-refractivity contribution is 7.80. The lowest BCUT2D eigenvalue weighted by Gasteiger charge is -2.29. The van der Waals surface area contributed by atoms with E-state index >= 15 is 0 Å². The molecule has 6 nitrogen and oxygen atoms in total. The van der Waals surface area contributed by atoms with Crippen molar-refractivity contribution in [3.63, 3.8) is 0 Å². The van der Waals surface area contributed by atoms with Gasteiger partial charge in [0.1, 0.15) is 5.82 Å². The first-order chi connectivity index (χ1) is 19.1. The van der Waals surface area contributed by atoms with Crippen molar-refractivity contribution in [1.29, 1.82) is 0 Å². The Bertz CT molecular complexity index is 1650. The van der Waals surface area contributed by atoms with E-state index in [0.717, 1.165) is 27.8 Å². The number of thiocarbonyl (C=S) groups is 1. The molecular formula is C31H26FN5OS. The number of amides is 1. The molecule has 194 valence electrons. The zero-order chi connectivity index (χ0) is 26.8. The number of nitrogens with zero attached hydrogens (tertiary/aromatic N) is 3. The van der Waals surface area contributed by atoms with Crippen LogP contribution in [0.5, 0.6) is 0 Å². The molecule has 2 atom stereocenters. The Morgan fingerprint density at radius 3 is 2.64 bits per heavy atom. The second kappa shape index (κ2) is 10.7. The van der Waals surface area contributed by atoms with E-state index in [1.54, 1.807) is 12.3 Å². The average molecular weight is 536 g/mol. The summed E-state index contributed by atoms with van der Waals surface area (Å²) in [6.45, 7) is 0.394. The second-order valence-corrected chi connectivity index (χ2v) is 9.81. The lowest BCUT2D eigenvalue weighted by molar-refractivity contribution is -0.116. The quantitative estimate of drug-likeness (QED) is 0.244. The lowest BCUT2D eigenvalue weighted by Crippen LogP contribution is -2.33. The Labute approximate surface area is 231 Å². The van der Waals surface area contributed by atoms with E-state index in [1.807, 2.05) is 94.5 Å². The maximum atomic E-state index is 14.1. The molecule has 1 aliphatic heterocycles. The van der Waals surface area contributed by atoms with Crippen LogP contribution in [-0.2, 0) is 4.79 Å². The molecule has 2 N–H and O–H groups in total. The number of hydrogen-bond donors (Lipinski definition) is 2. The maximum absolute atomic E-state index is 14.1. The van der Waals surface area contributed by atoms with Gasteiger partial charge in [0.25, 0.3) is 0 Å². The van der Waals surface area contributed by atoms with Gasteiger partial charge in [0.15, 0.2) is 5.11 Å². The summed E-state index contributed by atoms with van der Waals surface area (Å²) in [7, 11) is 0. The summed E-state index contributed by atoms with van der Waals surface area (Å²) >= 11 is 5.78. The molecule has 6 rings (SSSR count). The van der Waals surface area contributed by atoms with E-state index in [0.29, 0.717) is 17.3 Å². The fourth-order valence-corrected chi connectivity index (χ4v) is 5.57. The van der Waals surface area contributed by atoms with Gasteiger partial charge in [-0.1, -0.05) is 48.5 Å². The topological polar surface area (TPSA) is 62.2 Å². The predicted octanol–water partition coefficient (Wildman–Crippen LogP) is 6.17. The summed E-state index contributed by atoms with van der Waals surface area (Å²) < 4.78 is 16.1. The van der Waals surface area contributed by atoms with Gasteiger partial charge in [0, 0.05) is 47.8 Å². The van der Waals surface area contributed by atoms with Crippen LogP contribution < -0.4 is 10.6 Å². The molecule has 3 aromatic carbocycles. The summed E-state index contributed by atoms with van der Waals surface area (Å²) in [5.41, 5.74) is 3.24. The summed E-state index contributed by atoms with van der Waals surface area (Å²) in [4.78, 5) is 19.7. The number of hydrogen-bond acceptors (Lipinski definition) is 3. The van der Waals surface area contributed by atoms with E-state index in [2.05, 4.69) is 15.6 Å². The minimum Gasteiger partial charge on any atom is -0.352 e. The van der Waals surface area contributed by atoms with Gasteiger partial charge < -0.3 is 20.1 Å². The van der Waals surface area contributed by atoms with Crippen molar-refractivity contribution in [2.75, 3.05) is 11.9 Å². The zero-order valence-electron chi connectivity index (χ0n) is 21.0. The molecule has 1 amide bonds. The number of carbonyl (C=O) groups excluding carboxylic acids is 1. The van der Waals surface area contributed by atoms with Gasteiger partial charge >= 0.3 is 0 Å². The molecule has 3 heterocycles. The summed E-state index contributed by atoms with van der Waals surface area (Å²) in [6, 6.07) is 29.5. The molecule has 39 heavy (non-hydrogen) atoms. The van der Waals surface area contributed by atoms with Gasteiger partial charge in [-0.25, -0.2) is 4.39 Å². The van der Waals surface area contributed by atoms with Crippen LogP contribution in [0, 0.1) is 5.82 Å². The Morgan fingerprint density at radius 2 is 1.79 bits per heavy atom. The van der Waals surface area contributed by atoms with Crippen LogP contribution in [0.2, 0.25) is 0 Å². The molecule has 1 saturated heterocycles. The molecule has 8 heteroatoms. The minimum absolute atomic E-state index is 0.102. The highest BCUT2D eigenvalue weighted by Crippen LogP contribution is 2.39. The van der Waals surface area contributed by atoms with Gasteiger partial charge in [-0.15, -0.1) is 0 Å². The van der Waals surface area contributed by atoms with Crippen LogP contribution in [-0.4, -0.2) is 32.0 Å². The average Bonchev–Trinajstić information content (AvgIpc) is 3.57. The molecule has 5 aromatic rings. The van der Waals surface area contributed by atoms with Crippen LogP contribution >= 0.6 is 12.2 Å². The Hall–Kier alpha value is -4.56. The van der Waals surface area contributed by atoms with Crippen LogP contribution in [0.1, 0.15) is 29.9 Å². The fraction of sp³-hybridized carbons (Fsp3) is 0.129. The SMILES string of the molecule is O=C(CCN1C(=S)NC(c2ccccn2)C1c1cccn1-c1cccc(F)c1)Nc1cccc2ccccc12. The third kappa shape index (κ3) is 4.98. The van der Waals surface area contributed by atoms with Crippen LogP contribution in [0.25, 0.3) is 16.5 Å². The maximum Gasteiger partial charge on any atom is 0.226 e. The molecule has 0 bridgehead atoms. The third-order valence-electron chi connectivity index (χ3n) is 7.01. The van der Waals surface area contributed by atoms with E-state index in [4.69, 9.17) is 12.2 Å². The first-order valence-corrected chi connectivity index (χ1v) is 13.2. The van der Waals surface area contributed by atoms with Gasteiger partial charge in [0.05, 0.1) is 17.8 Å². The van der Waals surface area contributed by atoms with Crippen molar-refractivity contribution < 1.29 is 9.18 Å². The molecule has 1 fully saturated rings. The smallest absolute Gasteiger partial charge is 0.226 e. The number of aromatic nitrogens is 2. The molecule has 0 radical (unpaired) electrons. The van der Waals surface area contributed by atoms with Gasteiger partial charge in [-0.05, 0) is 66.1 Å². The Morgan fingerprint density at radius 1 is 0.974 bits per heavy atom. The number of halogens is 1. The summed E-state index contributed by atoms with van der Waals surface area (Å²) in [5, 5.41) is 9.10. The lowest BCUT2D eigenvalue weighted by atomic mass is 10.0. The van der Waals surface area contributed by atoms with E-state index in [1.165, 1.54) is 12.1 Å². The highest BCUT2D eigenvalue weighted by atomic mass is 32.1. The van der Waals surface area contributed by atoms with Gasteiger partial charge in [0.2, 0.25) is 5.91 Å². The van der Waals surface area contributed by atoms with Crippen molar-refractivity contribution in [2.45, 2.75) is 18.5 Å². The first kappa shape index (κ1) is 24.8. The Kier molecular flexibility index (Phi) is 6.77. The first-order valence-electron chi connectivity index (χ1n) is 12.8. The fourth-order valence-electron chi connectivity index (χ4n) is 5.23. The summed E-state index contributed by atoms with van der Waals surface area (Å²) in [5.74, 6) is -0.412. The Balaban J connectivity index is 1.29. The van der Waals surface area contributed by atoms with E-state index < -0.39 is 0 Å². The number of pyridine rings is 1. The minimum atomic E-state index is -0.310. The van der Waals surface area contributed by atoms with Crippen molar-refractivity contribution in [2.24, 2.45) is 0 Å². The monoisotopic (exact) mass is 535 g/mol. The summed E-state index contributed by atoms with van der Waals surface area (Å²) in [6.07, 6.45) is 3.90. The number of nitrogens with one attached hydrogen (secondary N) is 2. The number of carbonyl (C=O) groups is 1. The van der Waals surface area contributed by atoms with E-state index in [9.17, 15) is 9.18 Å². The standard InChI is InChI=1S/C31H26FN5OS/c32-22-10-6-11-23(20-22)36-18-7-15-27(36)30-29(26-13-3-4-17-33-26)35-31(39)37(30)19-16-28(38)34-25-14-5-9-21-8-1-2-12-24(21)25/h1-15,17-18,20,29-30H,16,19H2,(H,34,38)(H,35,39). The van der Waals surface area contributed by atoms with Crippen molar-refractivity contribution in [3.05, 3.63) is 127 Å². The van der Waals surface area contributed by atoms with Crippen molar-refractivity contribution in [3.8, 4) is 5.69 Å². The van der Waals surface area contributed by atoms with Gasteiger partial charge in [-0.3, -0.25) is 9.78 Å². The van der Waals surface area contributed by atoms with Crippen molar-refractivity contribution in [1.82, 2.24) is 19.8 Å². The molecule has 0 spiro atoms. The molecule has 0 saturated carbocycles. The highest BCUT2D eigenvalue weighted by Gasteiger charge is 2.41. The second-order valence-electron chi connectivity index (χ2n) is 9.43. The number of benzene rings is 3. The molecular weight excluding hydrogens is 509 g/mol. The number of fused-ring (bicyclic) bond motifs is 1. The molecule has 0 aliphatic carbocycles.